The van der Waals surface area contributed by atoms with Crippen molar-refractivity contribution in [1.29, 1.82) is 0 Å². The highest BCUT2D eigenvalue weighted by molar-refractivity contribution is 5.91. The molecule has 3 heterocycles. The number of pyridine rings is 1. The molecule has 4 rings (SSSR count). The highest BCUT2D eigenvalue weighted by Crippen LogP contribution is 2.33. The van der Waals surface area contributed by atoms with Crippen LogP contribution in [0.4, 0.5) is 13.2 Å². The van der Waals surface area contributed by atoms with E-state index in [1.165, 1.54) is 12.1 Å². The Kier molecular flexibility index (Phi) is 6.27. The molecule has 1 aliphatic heterocycles. The van der Waals surface area contributed by atoms with Gasteiger partial charge in [-0.2, -0.15) is 13.2 Å². The zero-order valence-electron chi connectivity index (χ0n) is 17.4. The van der Waals surface area contributed by atoms with Gasteiger partial charge in [-0.25, -0.2) is 0 Å². The minimum absolute atomic E-state index is 0.0384. The van der Waals surface area contributed by atoms with Crippen molar-refractivity contribution in [3.8, 4) is 0 Å². The number of aromatic nitrogens is 2. The Morgan fingerprint density at radius 2 is 1.97 bits per heavy atom. The maximum atomic E-state index is 13.3. The predicted octanol–water partition coefficient (Wildman–Crippen LogP) is 4.46. The molecular weight excluding hydrogens is 423 g/mol. The van der Waals surface area contributed by atoms with E-state index in [2.05, 4.69) is 10.1 Å². The number of rotatable bonds is 5. The average Bonchev–Trinajstić information content (AvgIpc) is 3.28. The molecule has 1 fully saturated rings. The Hall–Kier alpha value is -3.20. The van der Waals surface area contributed by atoms with Crippen LogP contribution in [-0.2, 0) is 23.8 Å². The first-order chi connectivity index (χ1) is 15.3. The number of carbonyl (C=O) groups is 1. The molecule has 0 saturated carbocycles. The summed E-state index contributed by atoms with van der Waals surface area (Å²) in [7, 11) is 0. The molecule has 0 N–H and O–H groups in total. The number of hydrogen-bond acceptors (Lipinski definition) is 5. The summed E-state index contributed by atoms with van der Waals surface area (Å²) < 4.78 is 50.9. The molecule has 1 amide bonds. The minimum Gasteiger partial charge on any atom is -0.368 e. The predicted molar refractivity (Wildman–Crippen MR) is 109 cm³/mol. The second-order valence-electron chi connectivity index (χ2n) is 7.53. The minimum atomic E-state index is -4.43. The van der Waals surface area contributed by atoms with Crippen molar-refractivity contribution in [2.24, 2.45) is 0 Å². The van der Waals surface area contributed by atoms with Crippen molar-refractivity contribution < 1.29 is 27.2 Å². The highest BCUT2D eigenvalue weighted by Gasteiger charge is 2.33. The lowest BCUT2D eigenvalue weighted by Crippen LogP contribution is -2.42. The van der Waals surface area contributed by atoms with Crippen molar-refractivity contribution in [2.75, 3.05) is 19.7 Å². The van der Waals surface area contributed by atoms with Crippen LogP contribution in [0.25, 0.3) is 0 Å². The van der Waals surface area contributed by atoms with Crippen LogP contribution in [0.3, 0.4) is 0 Å². The van der Waals surface area contributed by atoms with Crippen LogP contribution < -0.4 is 0 Å². The third-order valence-corrected chi connectivity index (χ3v) is 5.34. The van der Waals surface area contributed by atoms with Gasteiger partial charge in [-0.1, -0.05) is 36.3 Å². The molecule has 9 heteroatoms. The van der Waals surface area contributed by atoms with Crippen molar-refractivity contribution in [2.45, 2.75) is 32.0 Å². The quantitative estimate of drug-likeness (QED) is 0.580. The van der Waals surface area contributed by atoms with Gasteiger partial charge in [0.1, 0.15) is 6.10 Å². The smallest absolute Gasteiger partial charge is 0.368 e. The van der Waals surface area contributed by atoms with E-state index in [0.717, 1.165) is 6.07 Å². The number of ether oxygens (including phenoxy) is 1. The highest BCUT2D eigenvalue weighted by atomic mass is 19.4. The Morgan fingerprint density at radius 3 is 2.72 bits per heavy atom. The Balaban J connectivity index is 1.50. The molecule has 1 saturated heterocycles. The molecule has 0 aliphatic carbocycles. The maximum absolute atomic E-state index is 13.3. The number of benzene rings is 1. The number of morpholine rings is 1. The summed E-state index contributed by atoms with van der Waals surface area (Å²) >= 11 is 0. The number of amides is 1. The van der Waals surface area contributed by atoms with Crippen molar-refractivity contribution in [3.05, 3.63) is 82.5 Å². The number of hydrogen-bond donors (Lipinski definition) is 0. The number of halogens is 3. The molecule has 2 aromatic heterocycles. The van der Waals surface area contributed by atoms with E-state index in [1.807, 2.05) is 6.92 Å². The lowest BCUT2D eigenvalue weighted by molar-refractivity contribution is -0.138. The fourth-order valence-electron chi connectivity index (χ4n) is 3.67. The van der Waals surface area contributed by atoms with E-state index in [-0.39, 0.29) is 30.2 Å². The molecule has 0 unspecified atom stereocenters. The molecule has 0 bridgehead atoms. The molecule has 1 aliphatic rings. The maximum Gasteiger partial charge on any atom is 0.416 e. The molecule has 1 atom stereocenters. The summed E-state index contributed by atoms with van der Waals surface area (Å²) in [5, 5.41) is 3.86. The number of nitrogens with zero attached hydrogens (tertiary/aromatic N) is 3. The number of aryl methyl sites for hydroxylation is 1. The molecule has 0 spiro atoms. The van der Waals surface area contributed by atoms with E-state index >= 15 is 0 Å². The lowest BCUT2D eigenvalue weighted by atomic mass is 10.0. The van der Waals surface area contributed by atoms with E-state index in [1.54, 1.807) is 35.2 Å². The monoisotopic (exact) mass is 445 g/mol. The summed E-state index contributed by atoms with van der Waals surface area (Å²) in [5.74, 6) is -0.103. The standard InChI is InChI=1S/C23H22F3N3O3/c1-2-16-13-20(32-28-16)22(30)29-10-11-31-21(14-29)19-9-5-7-17(27-19)12-15-6-3-4-8-18(15)23(24,25)26/h3-9,13,21H,2,10-12,14H2,1H3/t21-/m1/s1. The zero-order chi connectivity index (χ0) is 22.7. The zero-order valence-corrected chi connectivity index (χ0v) is 17.4. The van der Waals surface area contributed by atoms with Crippen LogP contribution in [0.1, 0.15) is 51.8 Å². The van der Waals surface area contributed by atoms with Crippen LogP contribution in [0.5, 0.6) is 0 Å². The summed E-state index contributed by atoms with van der Waals surface area (Å²) in [6, 6.07) is 12.3. The average molecular weight is 445 g/mol. The van der Waals surface area contributed by atoms with Crippen LogP contribution in [0, 0.1) is 0 Å². The molecule has 3 aromatic rings. The molecule has 0 radical (unpaired) electrons. The summed E-state index contributed by atoms with van der Waals surface area (Å²) in [6.07, 6.45) is -4.22. The van der Waals surface area contributed by atoms with Gasteiger partial charge in [-0.15, -0.1) is 0 Å². The first kappa shape index (κ1) is 22.0. The Bertz CT molecular complexity index is 1100. The first-order valence-corrected chi connectivity index (χ1v) is 10.3. The van der Waals surface area contributed by atoms with Gasteiger partial charge >= 0.3 is 6.18 Å². The van der Waals surface area contributed by atoms with Crippen molar-refractivity contribution >= 4 is 5.91 Å². The van der Waals surface area contributed by atoms with Crippen molar-refractivity contribution in [3.63, 3.8) is 0 Å². The summed E-state index contributed by atoms with van der Waals surface area (Å²) in [6.45, 7) is 2.89. The van der Waals surface area contributed by atoms with Crippen LogP contribution in [-0.4, -0.2) is 40.6 Å². The molecule has 168 valence electrons. The van der Waals surface area contributed by atoms with E-state index < -0.39 is 17.8 Å². The van der Waals surface area contributed by atoms with Crippen LogP contribution in [0.15, 0.2) is 53.1 Å². The molecule has 1 aromatic carbocycles. The Morgan fingerprint density at radius 1 is 1.16 bits per heavy atom. The third-order valence-electron chi connectivity index (χ3n) is 5.34. The van der Waals surface area contributed by atoms with Crippen LogP contribution in [0.2, 0.25) is 0 Å². The molecular formula is C23H22F3N3O3. The number of carbonyl (C=O) groups excluding carboxylic acids is 1. The summed E-state index contributed by atoms with van der Waals surface area (Å²) in [4.78, 5) is 18.9. The Labute approximate surface area is 183 Å². The van der Waals surface area contributed by atoms with Crippen LogP contribution >= 0.6 is 0 Å². The fraction of sp³-hybridized carbons (Fsp3) is 0.348. The summed E-state index contributed by atoms with van der Waals surface area (Å²) in [5.41, 5.74) is 1.25. The number of alkyl halides is 3. The van der Waals surface area contributed by atoms with Gasteiger partial charge in [-0.3, -0.25) is 9.78 Å². The van der Waals surface area contributed by atoms with Crippen molar-refractivity contribution in [1.82, 2.24) is 15.0 Å². The van der Waals surface area contributed by atoms with Gasteiger partial charge < -0.3 is 14.2 Å². The van der Waals surface area contributed by atoms with E-state index in [0.29, 0.717) is 36.7 Å². The SMILES string of the molecule is CCc1cc(C(=O)N2CCO[C@@H](c3cccc(Cc4ccccc4C(F)(F)F)n3)C2)on1. The van der Waals surface area contributed by atoms with Gasteiger partial charge in [0.15, 0.2) is 0 Å². The topological polar surface area (TPSA) is 68.5 Å². The lowest BCUT2D eigenvalue weighted by Gasteiger charge is -2.32. The normalized spacial score (nSPS) is 16.9. The van der Waals surface area contributed by atoms with Gasteiger partial charge in [0.05, 0.1) is 30.1 Å². The first-order valence-electron chi connectivity index (χ1n) is 10.3. The second-order valence-corrected chi connectivity index (χ2v) is 7.53. The van der Waals surface area contributed by atoms with Gasteiger partial charge in [-0.05, 0) is 30.2 Å². The fourth-order valence-corrected chi connectivity index (χ4v) is 3.67. The third kappa shape index (κ3) is 4.83. The second kappa shape index (κ2) is 9.12. The largest absolute Gasteiger partial charge is 0.416 e. The van der Waals surface area contributed by atoms with Gasteiger partial charge in [0.25, 0.3) is 5.91 Å². The van der Waals surface area contributed by atoms with Gasteiger partial charge in [0.2, 0.25) is 5.76 Å². The molecule has 6 nitrogen and oxygen atoms in total. The van der Waals surface area contributed by atoms with Gasteiger partial charge in [0, 0.05) is 24.7 Å². The van der Waals surface area contributed by atoms with E-state index in [9.17, 15) is 18.0 Å². The molecule has 32 heavy (non-hydrogen) atoms. The van der Waals surface area contributed by atoms with E-state index in [4.69, 9.17) is 9.26 Å².